The normalized spacial score (nSPS) is 28.7. The zero-order chi connectivity index (χ0) is 20.5. The number of likely N-dealkylation sites (tertiary alicyclic amines) is 1. The molecule has 1 aromatic carbocycles. The van der Waals surface area contributed by atoms with Crippen LogP contribution >= 0.6 is 0 Å². The molecule has 1 heterocycles. The number of methoxy groups -OCH3 is 1. The van der Waals surface area contributed by atoms with Crippen LogP contribution in [-0.4, -0.2) is 47.1 Å². The van der Waals surface area contributed by atoms with E-state index in [0.29, 0.717) is 12.8 Å². The lowest BCUT2D eigenvalue weighted by molar-refractivity contribution is -0.150. The lowest BCUT2D eigenvalue weighted by atomic mass is 9.86. The number of carboxylic acid groups (broad SMARTS) is 1. The van der Waals surface area contributed by atoms with Crippen LogP contribution in [0.3, 0.4) is 0 Å². The molecule has 0 radical (unpaired) electrons. The number of likely N-dealkylation sites (N-methyl/N-ethyl adjacent to an activating group) is 1. The number of ether oxygens (including phenoxy) is 1. The van der Waals surface area contributed by atoms with Crippen LogP contribution in [0.15, 0.2) is 24.3 Å². The topological polar surface area (TPSA) is 78.9 Å². The zero-order valence-corrected chi connectivity index (χ0v) is 17.3. The number of benzene rings is 1. The Hall–Kier alpha value is -2.08. The molecule has 1 aliphatic carbocycles. The second-order valence-corrected chi connectivity index (χ2v) is 8.35. The first-order valence-electron chi connectivity index (χ1n) is 10.2. The predicted molar refractivity (Wildman–Crippen MR) is 107 cm³/mol. The first-order valence-corrected chi connectivity index (χ1v) is 10.2. The average Bonchev–Trinajstić information content (AvgIpc) is 3.36. The van der Waals surface area contributed by atoms with Gasteiger partial charge in [-0.15, -0.1) is 0 Å². The van der Waals surface area contributed by atoms with Gasteiger partial charge in [0.15, 0.2) is 0 Å². The number of amides is 1. The van der Waals surface area contributed by atoms with Crippen molar-refractivity contribution in [3.8, 4) is 5.75 Å². The summed E-state index contributed by atoms with van der Waals surface area (Å²) in [5.41, 5.74) is -0.163. The summed E-state index contributed by atoms with van der Waals surface area (Å²) < 4.78 is 5.25. The van der Waals surface area contributed by atoms with Gasteiger partial charge in [-0.25, -0.2) is 0 Å². The summed E-state index contributed by atoms with van der Waals surface area (Å²) in [7, 11) is 3.45. The molecule has 0 aromatic heterocycles. The number of carbonyl (C=O) groups excluding carboxylic acids is 1. The summed E-state index contributed by atoms with van der Waals surface area (Å²) in [6.45, 7) is 4.01. The van der Waals surface area contributed by atoms with Crippen LogP contribution < -0.4 is 10.1 Å². The molecule has 2 aliphatic rings. The lowest BCUT2D eigenvalue weighted by Gasteiger charge is -2.34. The van der Waals surface area contributed by atoms with Crippen LogP contribution in [-0.2, 0) is 9.59 Å². The van der Waals surface area contributed by atoms with Gasteiger partial charge in [-0.3, -0.25) is 14.5 Å². The minimum atomic E-state index is -1.03. The van der Waals surface area contributed by atoms with Crippen LogP contribution in [0.5, 0.6) is 5.75 Å². The third-order valence-electron chi connectivity index (χ3n) is 6.78. The highest BCUT2D eigenvalue weighted by atomic mass is 16.5. The Morgan fingerprint density at radius 1 is 1.25 bits per heavy atom. The largest absolute Gasteiger partial charge is 0.497 e. The molecule has 154 valence electrons. The maximum Gasteiger partial charge on any atom is 0.324 e. The molecule has 0 spiro atoms. The second-order valence-electron chi connectivity index (χ2n) is 8.35. The van der Waals surface area contributed by atoms with Crippen LogP contribution in [0.1, 0.15) is 64.0 Å². The maximum atomic E-state index is 13.3. The molecule has 6 heteroatoms. The van der Waals surface area contributed by atoms with E-state index in [0.717, 1.165) is 37.0 Å². The van der Waals surface area contributed by atoms with E-state index in [2.05, 4.69) is 12.2 Å². The van der Waals surface area contributed by atoms with Crippen molar-refractivity contribution < 1.29 is 19.4 Å². The minimum Gasteiger partial charge on any atom is -0.497 e. The number of carboxylic acids is 1. The van der Waals surface area contributed by atoms with Crippen LogP contribution in [0.4, 0.5) is 0 Å². The quantitative estimate of drug-likeness (QED) is 0.714. The highest BCUT2D eigenvalue weighted by molar-refractivity contribution is 5.86. The van der Waals surface area contributed by atoms with Crippen molar-refractivity contribution >= 4 is 11.9 Å². The molecular weight excluding hydrogens is 356 g/mol. The van der Waals surface area contributed by atoms with Gasteiger partial charge in [-0.05, 0) is 56.8 Å². The Morgan fingerprint density at radius 3 is 2.36 bits per heavy atom. The van der Waals surface area contributed by atoms with Gasteiger partial charge in [0.2, 0.25) is 5.91 Å². The van der Waals surface area contributed by atoms with Gasteiger partial charge < -0.3 is 15.2 Å². The Balaban J connectivity index is 1.93. The molecule has 1 aromatic rings. The van der Waals surface area contributed by atoms with E-state index < -0.39 is 17.4 Å². The SMILES string of the molecule is CCCC1(NC(=O)[C@H]2C[C@@](CC)(C(=O)O)N(C)[C@H]2c2ccc(OC)cc2)CC1. The highest BCUT2D eigenvalue weighted by Gasteiger charge is 2.57. The van der Waals surface area contributed by atoms with Crippen LogP contribution in [0.25, 0.3) is 0 Å². The van der Waals surface area contributed by atoms with Crippen molar-refractivity contribution in [3.05, 3.63) is 29.8 Å². The molecule has 1 aliphatic heterocycles. The predicted octanol–water partition coefficient (Wildman–Crippen LogP) is 3.37. The van der Waals surface area contributed by atoms with Gasteiger partial charge in [0.25, 0.3) is 0 Å². The van der Waals surface area contributed by atoms with E-state index in [-0.39, 0.29) is 17.5 Å². The third kappa shape index (κ3) is 3.50. The number of hydrogen-bond acceptors (Lipinski definition) is 4. The maximum absolute atomic E-state index is 13.3. The van der Waals surface area contributed by atoms with E-state index in [4.69, 9.17) is 4.74 Å². The van der Waals surface area contributed by atoms with Gasteiger partial charge in [0.05, 0.1) is 13.0 Å². The van der Waals surface area contributed by atoms with E-state index in [9.17, 15) is 14.7 Å². The summed E-state index contributed by atoms with van der Waals surface area (Å²) in [6.07, 6.45) is 4.81. The molecule has 1 saturated heterocycles. The highest BCUT2D eigenvalue weighted by Crippen LogP contribution is 2.49. The van der Waals surface area contributed by atoms with Crippen molar-refractivity contribution in [1.29, 1.82) is 0 Å². The summed E-state index contributed by atoms with van der Waals surface area (Å²) in [5.74, 6) is -0.537. The Kier molecular flexibility index (Phi) is 5.71. The fraction of sp³-hybridized carbons (Fsp3) is 0.636. The summed E-state index contributed by atoms with van der Waals surface area (Å²) in [4.78, 5) is 27.4. The first-order chi connectivity index (χ1) is 13.3. The van der Waals surface area contributed by atoms with Crippen LogP contribution in [0.2, 0.25) is 0 Å². The monoisotopic (exact) mass is 388 g/mol. The third-order valence-corrected chi connectivity index (χ3v) is 6.78. The Labute approximate surface area is 167 Å². The van der Waals surface area contributed by atoms with Gasteiger partial charge in [0.1, 0.15) is 11.3 Å². The van der Waals surface area contributed by atoms with Crippen molar-refractivity contribution in [3.63, 3.8) is 0 Å². The number of nitrogens with zero attached hydrogens (tertiary/aromatic N) is 1. The molecule has 6 nitrogen and oxygen atoms in total. The Bertz CT molecular complexity index is 729. The van der Waals surface area contributed by atoms with Crippen molar-refractivity contribution in [2.75, 3.05) is 14.2 Å². The summed E-state index contributed by atoms with van der Waals surface area (Å²) in [5, 5.41) is 13.3. The molecule has 3 atom stereocenters. The number of nitrogens with one attached hydrogen (secondary N) is 1. The number of aliphatic carboxylic acids is 1. The first kappa shape index (κ1) is 20.6. The molecule has 0 bridgehead atoms. The molecule has 1 saturated carbocycles. The van der Waals surface area contributed by atoms with Gasteiger partial charge >= 0.3 is 5.97 Å². The second kappa shape index (κ2) is 7.74. The molecule has 28 heavy (non-hydrogen) atoms. The minimum absolute atomic E-state index is 0.0183. The smallest absolute Gasteiger partial charge is 0.324 e. The van der Waals surface area contributed by atoms with Crippen molar-refractivity contribution in [1.82, 2.24) is 10.2 Å². The molecule has 1 amide bonds. The lowest BCUT2D eigenvalue weighted by Crippen LogP contribution is -2.48. The van der Waals surface area contributed by atoms with Gasteiger partial charge in [-0.2, -0.15) is 0 Å². The van der Waals surface area contributed by atoms with E-state index >= 15 is 0 Å². The standard InChI is InChI=1S/C22H32N2O4/c1-5-11-21(12-13-21)23-19(25)17-14-22(6-2,20(26)27)24(3)18(17)15-7-9-16(28-4)10-8-15/h7-10,17-18H,5-6,11-14H2,1-4H3,(H,23,25)(H,26,27)/t17-,18-,22-/m0/s1. The number of carbonyl (C=O) groups is 2. The molecule has 0 unspecified atom stereocenters. The average molecular weight is 389 g/mol. The Morgan fingerprint density at radius 2 is 1.89 bits per heavy atom. The van der Waals surface area contributed by atoms with Gasteiger partial charge in [-0.1, -0.05) is 32.4 Å². The summed E-state index contributed by atoms with van der Waals surface area (Å²) >= 11 is 0. The van der Waals surface area contributed by atoms with E-state index in [1.165, 1.54) is 0 Å². The fourth-order valence-electron chi connectivity index (χ4n) is 4.85. The number of rotatable bonds is 8. The van der Waals surface area contributed by atoms with E-state index in [1.54, 1.807) is 7.11 Å². The van der Waals surface area contributed by atoms with Crippen LogP contribution in [0, 0.1) is 5.92 Å². The van der Waals surface area contributed by atoms with Crippen molar-refractivity contribution in [2.45, 2.75) is 69.5 Å². The molecular formula is C22H32N2O4. The summed E-state index contributed by atoms with van der Waals surface area (Å²) in [6, 6.07) is 7.33. The molecule has 2 fully saturated rings. The van der Waals surface area contributed by atoms with Gasteiger partial charge in [0, 0.05) is 11.6 Å². The molecule has 2 N–H and O–H groups in total. The van der Waals surface area contributed by atoms with E-state index in [1.807, 2.05) is 43.1 Å². The zero-order valence-electron chi connectivity index (χ0n) is 17.3. The number of hydrogen-bond donors (Lipinski definition) is 2. The molecule has 3 rings (SSSR count). The van der Waals surface area contributed by atoms with Crippen molar-refractivity contribution in [2.24, 2.45) is 5.92 Å². The fourth-order valence-corrected chi connectivity index (χ4v) is 4.85.